The molecular weight excluding hydrogens is 498 g/mol. The van der Waals surface area contributed by atoms with Crippen molar-refractivity contribution in [3.8, 4) is 17.1 Å². The third-order valence-corrected chi connectivity index (χ3v) is 7.78. The third-order valence-electron chi connectivity index (χ3n) is 6.76. The molecule has 3 heterocycles. The standard InChI is InChI=1S/C29H31N5O3S/c1-21-10-6-7-13-24(21)34-27(23-11-4-3-5-12-23)30-31-29(34)38-19-9-15-26(35)32-16-17-33(22(2)20-32)28(36)25-14-8-18-37-25/h3-8,10-14,18,22H,9,15-17,19-20H2,1-2H3. The maximum atomic E-state index is 12.9. The predicted molar refractivity (Wildman–Crippen MR) is 147 cm³/mol. The van der Waals surface area contributed by atoms with Crippen molar-refractivity contribution in [2.24, 2.45) is 0 Å². The SMILES string of the molecule is Cc1ccccc1-n1c(SCCCC(=O)N2CCN(C(=O)c3ccco3)C(C)C2)nnc1-c1ccccc1. The fraction of sp³-hybridized carbons (Fsp3) is 0.310. The first-order chi connectivity index (χ1) is 18.5. The van der Waals surface area contributed by atoms with Crippen molar-refractivity contribution in [1.82, 2.24) is 24.6 Å². The summed E-state index contributed by atoms with van der Waals surface area (Å²) in [6, 6.07) is 21.6. The molecule has 1 aliphatic heterocycles. The molecule has 1 fully saturated rings. The summed E-state index contributed by atoms with van der Waals surface area (Å²) in [6.07, 6.45) is 2.68. The summed E-state index contributed by atoms with van der Waals surface area (Å²) < 4.78 is 7.36. The van der Waals surface area contributed by atoms with E-state index >= 15 is 0 Å². The van der Waals surface area contributed by atoms with E-state index < -0.39 is 0 Å². The van der Waals surface area contributed by atoms with Gasteiger partial charge in [-0.2, -0.15) is 0 Å². The minimum atomic E-state index is -0.126. The smallest absolute Gasteiger partial charge is 0.289 e. The Morgan fingerprint density at radius 2 is 1.79 bits per heavy atom. The molecule has 8 nitrogen and oxygen atoms in total. The molecule has 1 atom stereocenters. The highest BCUT2D eigenvalue weighted by Gasteiger charge is 2.31. The normalized spacial score (nSPS) is 15.6. The van der Waals surface area contributed by atoms with Gasteiger partial charge in [0.2, 0.25) is 5.91 Å². The molecule has 4 aromatic rings. The number of hydrogen-bond donors (Lipinski definition) is 0. The zero-order valence-electron chi connectivity index (χ0n) is 21.6. The van der Waals surface area contributed by atoms with Crippen LogP contribution in [0.4, 0.5) is 0 Å². The number of carbonyl (C=O) groups excluding carboxylic acids is 2. The first-order valence-corrected chi connectivity index (χ1v) is 13.8. The summed E-state index contributed by atoms with van der Waals surface area (Å²) in [5.74, 6) is 1.88. The summed E-state index contributed by atoms with van der Waals surface area (Å²) in [4.78, 5) is 29.2. The van der Waals surface area contributed by atoms with Gasteiger partial charge >= 0.3 is 0 Å². The second-order valence-corrected chi connectivity index (χ2v) is 10.5. The summed E-state index contributed by atoms with van der Waals surface area (Å²) >= 11 is 1.61. The number of aromatic nitrogens is 3. The number of furan rings is 1. The Kier molecular flexibility index (Phi) is 7.93. The van der Waals surface area contributed by atoms with Crippen LogP contribution < -0.4 is 0 Å². The van der Waals surface area contributed by atoms with E-state index in [0.717, 1.165) is 40.0 Å². The van der Waals surface area contributed by atoms with Gasteiger partial charge in [-0.05, 0) is 44.0 Å². The summed E-state index contributed by atoms with van der Waals surface area (Å²) in [5.41, 5.74) is 3.19. The largest absolute Gasteiger partial charge is 0.459 e. The molecule has 5 rings (SSSR count). The topological polar surface area (TPSA) is 84.5 Å². The number of piperazine rings is 1. The van der Waals surface area contributed by atoms with Crippen LogP contribution in [0.3, 0.4) is 0 Å². The van der Waals surface area contributed by atoms with Gasteiger partial charge in [0.25, 0.3) is 5.91 Å². The number of thioether (sulfide) groups is 1. The van der Waals surface area contributed by atoms with Crippen molar-refractivity contribution in [1.29, 1.82) is 0 Å². The highest BCUT2D eigenvalue weighted by molar-refractivity contribution is 7.99. The van der Waals surface area contributed by atoms with Gasteiger partial charge < -0.3 is 14.2 Å². The number of carbonyl (C=O) groups is 2. The van der Waals surface area contributed by atoms with Crippen LogP contribution in [0.5, 0.6) is 0 Å². The van der Waals surface area contributed by atoms with Gasteiger partial charge in [0.1, 0.15) is 0 Å². The fourth-order valence-electron chi connectivity index (χ4n) is 4.74. The number of nitrogens with zero attached hydrogens (tertiary/aromatic N) is 5. The first kappa shape index (κ1) is 25.8. The van der Waals surface area contributed by atoms with Crippen molar-refractivity contribution < 1.29 is 14.0 Å². The molecule has 1 aliphatic rings. The summed E-state index contributed by atoms with van der Waals surface area (Å²) in [5, 5.41) is 9.83. The van der Waals surface area contributed by atoms with E-state index in [1.165, 1.54) is 6.26 Å². The van der Waals surface area contributed by atoms with Gasteiger partial charge in [0.15, 0.2) is 16.7 Å². The van der Waals surface area contributed by atoms with Gasteiger partial charge in [0.05, 0.1) is 12.0 Å². The number of hydrogen-bond acceptors (Lipinski definition) is 6. The van der Waals surface area contributed by atoms with Gasteiger partial charge in [-0.25, -0.2) is 0 Å². The average molecular weight is 530 g/mol. The number of benzene rings is 2. The van der Waals surface area contributed by atoms with Crippen LogP contribution in [0, 0.1) is 6.92 Å². The molecule has 0 saturated carbocycles. The number of rotatable bonds is 8. The van der Waals surface area contributed by atoms with Crippen LogP contribution in [-0.2, 0) is 4.79 Å². The monoisotopic (exact) mass is 529 g/mol. The maximum absolute atomic E-state index is 12.9. The van der Waals surface area contributed by atoms with Crippen LogP contribution in [0.2, 0.25) is 0 Å². The highest BCUT2D eigenvalue weighted by Crippen LogP contribution is 2.30. The van der Waals surface area contributed by atoms with E-state index in [0.29, 0.717) is 31.8 Å². The van der Waals surface area contributed by atoms with Crippen LogP contribution in [-0.4, -0.2) is 67.8 Å². The van der Waals surface area contributed by atoms with Crippen molar-refractivity contribution in [2.45, 2.75) is 37.9 Å². The molecule has 196 valence electrons. The molecule has 9 heteroatoms. The quantitative estimate of drug-likeness (QED) is 0.234. The maximum Gasteiger partial charge on any atom is 0.289 e. The number of para-hydroxylation sites is 1. The second kappa shape index (κ2) is 11.7. The molecule has 0 aliphatic carbocycles. The van der Waals surface area contributed by atoms with Crippen molar-refractivity contribution in [2.75, 3.05) is 25.4 Å². The van der Waals surface area contributed by atoms with E-state index in [1.54, 1.807) is 28.8 Å². The molecule has 0 N–H and O–H groups in total. The Hall–Kier alpha value is -3.85. The zero-order chi connectivity index (χ0) is 26.5. The Morgan fingerprint density at radius 1 is 1.00 bits per heavy atom. The molecule has 1 saturated heterocycles. The molecule has 2 amide bonds. The lowest BCUT2D eigenvalue weighted by molar-refractivity contribution is -0.133. The average Bonchev–Trinajstić information content (AvgIpc) is 3.62. The lowest BCUT2D eigenvalue weighted by Gasteiger charge is -2.39. The minimum Gasteiger partial charge on any atom is -0.459 e. The van der Waals surface area contributed by atoms with Crippen molar-refractivity contribution >= 4 is 23.6 Å². The summed E-state index contributed by atoms with van der Waals surface area (Å²) in [6.45, 7) is 5.62. The van der Waals surface area contributed by atoms with Gasteiger partial charge in [0, 0.05) is 43.4 Å². The number of amides is 2. The van der Waals surface area contributed by atoms with Gasteiger partial charge in [-0.3, -0.25) is 14.2 Å². The molecule has 2 aromatic heterocycles. The predicted octanol–water partition coefficient (Wildman–Crippen LogP) is 5.08. The summed E-state index contributed by atoms with van der Waals surface area (Å²) in [7, 11) is 0. The molecular formula is C29H31N5O3S. The second-order valence-electron chi connectivity index (χ2n) is 9.41. The number of aryl methyl sites for hydroxylation is 1. The van der Waals surface area contributed by atoms with Crippen molar-refractivity contribution in [3.05, 3.63) is 84.3 Å². The lowest BCUT2D eigenvalue weighted by atomic mass is 10.1. The van der Waals surface area contributed by atoms with Crippen LogP contribution in [0.15, 0.2) is 82.6 Å². The van der Waals surface area contributed by atoms with E-state index in [2.05, 4.69) is 33.8 Å². The lowest BCUT2D eigenvalue weighted by Crippen LogP contribution is -2.55. The van der Waals surface area contributed by atoms with Crippen molar-refractivity contribution in [3.63, 3.8) is 0 Å². The fourth-order valence-corrected chi connectivity index (χ4v) is 5.63. The van der Waals surface area contributed by atoms with Crippen LogP contribution in [0.1, 0.15) is 35.9 Å². The molecule has 2 aromatic carbocycles. The van der Waals surface area contributed by atoms with Crippen LogP contribution in [0.25, 0.3) is 17.1 Å². The molecule has 38 heavy (non-hydrogen) atoms. The van der Waals surface area contributed by atoms with Gasteiger partial charge in [-0.1, -0.05) is 60.3 Å². The van der Waals surface area contributed by atoms with Crippen LogP contribution >= 0.6 is 11.8 Å². The Balaban J connectivity index is 1.19. The third kappa shape index (κ3) is 5.52. The van der Waals surface area contributed by atoms with E-state index in [9.17, 15) is 9.59 Å². The van der Waals surface area contributed by atoms with Gasteiger partial charge in [-0.15, -0.1) is 10.2 Å². The van der Waals surface area contributed by atoms with E-state index in [-0.39, 0.29) is 17.9 Å². The first-order valence-electron chi connectivity index (χ1n) is 12.8. The highest BCUT2D eigenvalue weighted by atomic mass is 32.2. The molecule has 1 unspecified atom stereocenters. The molecule has 0 bridgehead atoms. The minimum absolute atomic E-state index is 0.0660. The van der Waals surface area contributed by atoms with E-state index in [1.807, 2.05) is 54.3 Å². The zero-order valence-corrected chi connectivity index (χ0v) is 22.4. The molecule has 0 spiro atoms. The Labute approximate surface area is 226 Å². The Morgan fingerprint density at radius 3 is 2.53 bits per heavy atom. The Bertz CT molecular complexity index is 1390. The molecule has 0 radical (unpaired) electrons. The van der Waals surface area contributed by atoms with E-state index in [4.69, 9.17) is 4.42 Å².